The Morgan fingerprint density at radius 3 is 1.11 bits per heavy atom. The lowest BCUT2D eigenvalue weighted by molar-refractivity contribution is -0.130. The summed E-state index contributed by atoms with van der Waals surface area (Å²) in [6.07, 6.45) is 37.8. The monoisotopic (exact) mass is 1690 g/mol. The Bertz CT molecular complexity index is 6310. The van der Waals surface area contributed by atoms with Crippen molar-refractivity contribution in [3.05, 3.63) is 252 Å². The molecule has 0 atom stereocenters. The summed E-state index contributed by atoms with van der Waals surface area (Å²) in [4.78, 5) is 61.3. The average molecular weight is 1690 g/mol. The van der Waals surface area contributed by atoms with Gasteiger partial charge in [0, 0.05) is 197 Å². The van der Waals surface area contributed by atoms with Crippen molar-refractivity contribution in [2.45, 2.75) is 97.1 Å². The summed E-state index contributed by atoms with van der Waals surface area (Å²) in [6, 6.07) is 32.1. The van der Waals surface area contributed by atoms with Gasteiger partial charge in [-0.05, 0) is 138 Å². The molecule has 0 unspecified atom stereocenters. The predicted octanol–water partition coefficient (Wildman–Crippen LogP) is 11.1. The smallest absolute Gasteiger partial charge is 0.243 e. The molecule has 1 aliphatic heterocycles. The maximum Gasteiger partial charge on any atom is 0.243 e. The summed E-state index contributed by atoms with van der Waals surface area (Å²) in [6.45, 7) is 10.5. The fourth-order valence-electron chi connectivity index (χ4n) is 17.0. The summed E-state index contributed by atoms with van der Waals surface area (Å²) in [5.74, 6) is 2.31. The van der Waals surface area contributed by atoms with Crippen LogP contribution < -0.4 is 0 Å². The lowest BCUT2D eigenvalue weighted by Crippen LogP contribution is -2.38. The summed E-state index contributed by atoms with van der Waals surface area (Å²) < 4.78 is 33.7. The summed E-state index contributed by atoms with van der Waals surface area (Å²) in [5.41, 5.74) is 30.4. The van der Waals surface area contributed by atoms with E-state index in [1.54, 1.807) is 61.6 Å². The van der Waals surface area contributed by atoms with Gasteiger partial charge in [-0.15, -0.1) is 0 Å². The van der Waals surface area contributed by atoms with Crippen LogP contribution in [0.25, 0.3) is 101 Å². The van der Waals surface area contributed by atoms with Gasteiger partial charge in [-0.25, -0.2) is 29.9 Å². The minimum atomic E-state index is -0.000928. The molecule has 0 radical (unpaired) electrons. The van der Waals surface area contributed by atoms with Gasteiger partial charge in [0.05, 0.1) is 142 Å². The van der Waals surface area contributed by atoms with Gasteiger partial charge >= 0.3 is 0 Å². The number of nitrogens with zero attached hydrogens (tertiary/aromatic N) is 25. The molecule has 126 heavy (non-hydrogen) atoms. The second-order valence-corrected chi connectivity index (χ2v) is 33.6. The number of ether oxygens (including phenoxy) is 3. The highest BCUT2D eigenvalue weighted by atomic mass is 16.5. The fourth-order valence-corrected chi connectivity index (χ4v) is 17.0. The zero-order valence-electron chi connectivity index (χ0n) is 73.8. The van der Waals surface area contributed by atoms with Crippen LogP contribution in [-0.2, 0) is 142 Å². The van der Waals surface area contributed by atoms with Crippen LogP contribution in [-0.4, -0.2) is 243 Å². The summed E-state index contributed by atoms with van der Waals surface area (Å²) in [7, 11) is 20.9. The van der Waals surface area contributed by atoms with E-state index in [-0.39, 0.29) is 24.9 Å². The summed E-state index contributed by atoms with van der Waals surface area (Å²) >= 11 is 0. The Morgan fingerprint density at radius 2 is 0.714 bits per heavy atom. The Labute approximate surface area is 733 Å². The quantitative estimate of drug-likeness (QED) is 0.0441. The first kappa shape index (κ1) is 84.9. The molecule has 0 bridgehead atoms. The van der Waals surface area contributed by atoms with Gasteiger partial charge in [-0.2, -0.15) is 30.6 Å². The van der Waals surface area contributed by atoms with Crippen LogP contribution in [0.3, 0.4) is 0 Å². The third-order valence-corrected chi connectivity index (χ3v) is 23.9. The van der Waals surface area contributed by atoms with Crippen LogP contribution in [0.4, 0.5) is 0 Å². The molecule has 0 N–H and O–H groups in total. The van der Waals surface area contributed by atoms with Gasteiger partial charge in [-0.1, -0.05) is 72.8 Å². The molecular weight excluding hydrogens is 1580 g/mol. The van der Waals surface area contributed by atoms with E-state index in [0.29, 0.717) is 32.5 Å². The second-order valence-electron chi connectivity index (χ2n) is 33.6. The van der Waals surface area contributed by atoms with E-state index in [9.17, 15) is 9.59 Å². The number of carbonyl (C=O) groups excluding carboxylic acids is 2. The molecular formula is C96H109N25O5. The van der Waals surface area contributed by atoms with Crippen LogP contribution >= 0.6 is 0 Å². The molecule has 3 aliphatic carbocycles. The summed E-state index contributed by atoms with van der Waals surface area (Å²) in [5, 5.41) is 27.5. The number of aromatic nitrogens is 21. The zero-order chi connectivity index (χ0) is 87.1. The molecule has 30 heteroatoms. The number of benzene rings is 3. The van der Waals surface area contributed by atoms with Crippen molar-refractivity contribution in [3.63, 3.8) is 0 Å². The topological polar surface area (TPSA) is 274 Å². The first-order valence-electron chi connectivity index (χ1n) is 43.2. The van der Waals surface area contributed by atoms with Crippen molar-refractivity contribution in [2.75, 3.05) is 109 Å². The lowest BCUT2D eigenvalue weighted by atomic mass is 9.89. The van der Waals surface area contributed by atoms with Gasteiger partial charge in [0.25, 0.3) is 0 Å². The molecule has 30 nitrogen and oxygen atoms in total. The minimum Gasteiger partial charge on any atom is -0.383 e. The largest absolute Gasteiger partial charge is 0.383 e. The number of fused-ring (bicyclic) bond motifs is 9. The SMILES string of the molecule is CN(C)CCn1ccc(Cc2ncc3c(n2)-c2c(cn(C)c2-c2ccc(-c4cnn(CC(=O)N(C)C)c4)cc2)CC3)n1.COCCn1cc(-c2ccc(-c3c4c(cn3C)CCc3cnc(Cc5ccn(CC(=O)N(C)C)n5)nc3-4)cc2)cn1.COCCn1ccc(Cc2ncc3c(n2)-c2c(cn(C)c2-c2ccc(-c4cnn(CCN5CCOCC5)c4)cc2)CC3)n1. The van der Waals surface area contributed by atoms with E-state index >= 15 is 0 Å². The fraction of sp³-hybridized carbons (Fsp3) is 0.354. The van der Waals surface area contributed by atoms with E-state index in [0.717, 1.165) is 212 Å². The third kappa shape index (κ3) is 19.3. The molecule has 19 rings (SSSR count). The van der Waals surface area contributed by atoms with Crippen LogP contribution in [0.5, 0.6) is 0 Å². The van der Waals surface area contributed by atoms with Gasteiger partial charge in [0.1, 0.15) is 30.6 Å². The Kier molecular flexibility index (Phi) is 25.7. The van der Waals surface area contributed by atoms with Crippen LogP contribution in [0.15, 0.2) is 184 Å². The first-order valence-corrected chi connectivity index (χ1v) is 43.2. The Hall–Kier alpha value is -13.3. The van der Waals surface area contributed by atoms with Gasteiger partial charge in [0.2, 0.25) is 11.8 Å². The molecule has 2 amide bonds. The number of hydrogen-bond donors (Lipinski definition) is 0. The molecule has 3 aromatic carbocycles. The molecule has 15 aromatic rings. The molecule has 13 heterocycles. The predicted molar refractivity (Wildman–Crippen MR) is 484 cm³/mol. The van der Waals surface area contributed by atoms with E-state index in [1.807, 2.05) is 92.8 Å². The molecule has 0 spiro atoms. The van der Waals surface area contributed by atoms with Crippen LogP contribution in [0, 0.1) is 0 Å². The van der Waals surface area contributed by atoms with Crippen molar-refractivity contribution in [2.24, 2.45) is 21.1 Å². The second kappa shape index (κ2) is 38.1. The first-order chi connectivity index (χ1) is 61.3. The van der Waals surface area contributed by atoms with Crippen LogP contribution in [0.1, 0.15) is 67.9 Å². The van der Waals surface area contributed by atoms with E-state index in [2.05, 4.69) is 199 Å². The highest BCUT2D eigenvalue weighted by molar-refractivity contribution is 5.89. The number of methoxy groups -OCH3 is 2. The van der Waals surface area contributed by atoms with Crippen molar-refractivity contribution in [1.29, 1.82) is 0 Å². The Morgan fingerprint density at radius 1 is 0.373 bits per heavy atom. The van der Waals surface area contributed by atoms with Gasteiger partial charge in [-0.3, -0.25) is 42.6 Å². The van der Waals surface area contributed by atoms with Crippen molar-refractivity contribution < 1.29 is 23.8 Å². The molecule has 1 saturated heterocycles. The maximum absolute atomic E-state index is 12.1. The molecule has 0 saturated carbocycles. The number of rotatable bonds is 28. The molecule has 648 valence electrons. The Balaban J connectivity index is 0.000000133. The van der Waals surface area contributed by atoms with E-state index < -0.39 is 0 Å². The number of morpholine rings is 1. The maximum atomic E-state index is 12.1. The average Bonchev–Trinajstić information content (AvgIpc) is 1.56. The van der Waals surface area contributed by atoms with E-state index in [4.69, 9.17) is 44.2 Å². The highest BCUT2D eigenvalue weighted by Gasteiger charge is 2.31. The minimum absolute atomic E-state index is 0.000928. The number of hydrogen-bond acceptors (Lipinski definition) is 19. The number of carbonyl (C=O) groups is 2. The normalized spacial score (nSPS) is 13.3. The number of amides is 2. The number of likely N-dealkylation sites (N-methyl/N-ethyl adjacent to an activating group) is 3. The van der Waals surface area contributed by atoms with Gasteiger partial charge in [0.15, 0.2) is 0 Å². The molecule has 12 aromatic heterocycles. The zero-order valence-corrected chi connectivity index (χ0v) is 73.8. The molecule has 1 fully saturated rings. The highest BCUT2D eigenvalue weighted by Crippen LogP contribution is 2.45. The number of aryl methyl sites for hydroxylation is 9. The van der Waals surface area contributed by atoms with Crippen LogP contribution in [0.2, 0.25) is 0 Å². The van der Waals surface area contributed by atoms with Crippen molar-refractivity contribution in [3.8, 4) is 101 Å². The standard InChI is InChI=1S/C33H38N8O2.C32H37N9O.C31H34N8O2/c1-38-22-27-8-7-26-20-34-30(19-29-9-10-40(37-29)15-16-42-2)36-32(26)31(27)33(38)25-5-3-24(4-6-25)28-21-35-41(23-28)12-11-39-13-17-43-18-14-39;1-37(2)14-15-40-13-12-27(36-40)16-28-33-17-24-10-11-25-19-39(5)32(30(25)31(24)35-28)23-8-6-22(7-9-23)26-18-34-41(20-26)21-29(42)38(3)4;1-36(2)28(40)20-39-12-11-26(35-39)15-27-32-16-23-9-10-24-18-37(3)31(29(24)30(23)34-27)22-7-5-21(6-8-22)25-17-33-38(19-25)13-14-41-4/h3-6,9-10,20-23H,7-8,11-19H2,1-2H3;6-9,12-13,17-20H,10-11,14-16,21H2,1-5H3;5-8,11-12,16-19H,9-10,13-15,20H2,1-4H3. The third-order valence-electron chi connectivity index (χ3n) is 23.9. The molecule has 4 aliphatic rings. The van der Waals surface area contributed by atoms with E-state index in [1.165, 1.54) is 61.3 Å². The lowest BCUT2D eigenvalue weighted by Gasteiger charge is -2.26. The van der Waals surface area contributed by atoms with Gasteiger partial charge < -0.3 is 42.6 Å². The van der Waals surface area contributed by atoms with Crippen molar-refractivity contribution >= 4 is 11.8 Å². The van der Waals surface area contributed by atoms with Crippen molar-refractivity contribution in [1.82, 2.24) is 122 Å².